The van der Waals surface area contributed by atoms with Gasteiger partial charge in [0.1, 0.15) is 5.82 Å². The van der Waals surface area contributed by atoms with Gasteiger partial charge in [0.25, 0.3) is 0 Å². The molecule has 0 aliphatic carbocycles. The van der Waals surface area contributed by atoms with Gasteiger partial charge in [0.15, 0.2) is 0 Å². The molecule has 3 nitrogen and oxygen atoms in total. The van der Waals surface area contributed by atoms with Gasteiger partial charge in [0, 0.05) is 11.1 Å². The fourth-order valence-corrected chi connectivity index (χ4v) is 2.49. The molecule has 1 heterocycles. The molecule has 20 heavy (non-hydrogen) atoms. The molecule has 2 rings (SSSR count). The molecule has 2 unspecified atom stereocenters. The van der Waals surface area contributed by atoms with Crippen molar-refractivity contribution in [3.8, 4) is 0 Å². The summed E-state index contributed by atoms with van der Waals surface area (Å²) in [4.78, 5) is 0. The first-order valence-corrected chi connectivity index (χ1v) is 7.45. The summed E-state index contributed by atoms with van der Waals surface area (Å²) in [6, 6.07) is 4.86. The van der Waals surface area contributed by atoms with E-state index >= 15 is 0 Å². The minimum absolute atomic E-state index is 0.0367. The van der Waals surface area contributed by atoms with E-state index in [1.165, 1.54) is 6.07 Å². The highest BCUT2D eigenvalue weighted by Gasteiger charge is 2.25. The van der Waals surface area contributed by atoms with Crippen molar-refractivity contribution < 1.29 is 13.9 Å². The fourth-order valence-electron chi connectivity index (χ4n) is 2.33. The summed E-state index contributed by atoms with van der Waals surface area (Å²) in [5.74, 6) is -0.266. The molecule has 0 aromatic heterocycles. The minimum Gasteiger partial charge on any atom is -0.376 e. The topological polar surface area (TPSA) is 30.5 Å². The maximum absolute atomic E-state index is 13.9. The van der Waals surface area contributed by atoms with Crippen LogP contribution in [0.3, 0.4) is 0 Å². The van der Waals surface area contributed by atoms with Gasteiger partial charge in [-0.25, -0.2) is 4.39 Å². The molecule has 0 amide bonds. The number of ether oxygens (including phenoxy) is 2. The van der Waals surface area contributed by atoms with Gasteiger partial charge in [-0.1, -0.05) is 24.6 Å². The summed E-state index contributed by atoms with van der Waals surface area (Å²) in [7, 11) is 0. The second-order valence-corrected chi connectivity index (χ2v) is 5.42. The Morgan fingerprint density at radius 2 is 2.30 bits per heavy atom. The van der Waals surface area contributed by atoms with E-state index < -0.39 is 0 Å². The third-order valence-electron chi connectivity index (χ3n) is 3.40. The lowest BCUT2D eigenvalue weighted by Crippen LogP contribution is -2.48. The first-order chi connectivity index (χ1) is 9.70. The molecular formula is C15H21ClFNO2. The van der Waals surface area contributed by atoms with Crippen molar-refractivity contribution >= 4 is 11.6 Å². The van der Waals surface area contributed by atoms with Crippen molar-refractivity contribution in [1.82, 2.24) is 5.32 Å². The predicted octanol–water partition coefficient (Wildman–Crippen LogP) is 2.81. The maximum Gasteiger partial charge on any atom is 0.127 e. The molecule has 1 aliphatic rings. The normalized spacial score (nSPS) is 20.9. The Morgan fingerprint density at radius 3 is 2.95 bits per heavy atom. The van der Waals surface area contributed by atoms with Crippen LogP contribution in [0.5, 0.6) is 0 Å². The van der Waals surface area contributed by atoms with E-state index in [9.17, 15) is 4.39 Å². The van der Waals surface area contributed by atoms with Crippen LogP contribution in [0, 0.1) is 5.82 Å². The van der Waals surface area contributed by atoms with Crippen LogP contribution in [0.25, 0.3) is 0 Å². The maximum atomic E-state index is 13.9. The van der Waals surface area contributed by atoms with Crippen LogP contribution in [0.15, 0.2) is 18.2 Å². The summed E-state index contributed by atoms with van der Waals surface area (Å²) in [6.45, 7) is 4.76. The number of hydrogen-bond donors (Lipinski definition) is 1. The van der Waals surface area contributed by atoms with Crippen LogP contribution < -0.4 is 5.32 Å². The number of benzene rings is 1. The van der Waals surface area contributed by atoms with Crippen LogP contribution in [0.2, 0.25) is 5.02 Å². The van der Waals surface area contributed by atoms with Gasteiger partial charge in [-0.2, -0.15) is 0 Å². The van der Waals surface area contributed by atoms with Crippen molar-refractivity contribution in [2.75, 3.05) is 26.4 Å². The van der Waals surface area contributed by atoms with E-state index in [1.54, 1.807) is 12.1 Å². The summed E-state index contributed by atoms with van der Waals surface area (Å²) in [5.41, 5.74) is 0.650. The lowest BCUT2D eigenvalue weighted by molar-refractivity contribution is -0.101. The Bertz CT molecular complexity index is 424. The van der Waals surface area contributed by atoms with Gasteiger partial charge in [-0.3, -0.25) is 0 Å². The molecule has 1 N–H and O–H groups in total. The first-order valence-electron chi connectivity index (χ1n) is 7.07. The third-order valence-corrected chi connectivity index (χ3v) is 3.64. The van der Waals surface area contributed by atoms with E-state index in [4.69, 9.17) is 21.1 Å². The first kappa shape index (κ1) is 15.7. The zero-order chi connectivity index (χ0) is 14.4. The van der Waals surface area contributed by atoms with Crippen LogP contribution in [0.4, 0.5) is 4.39 Å². The molecule has 0 saturated carbocycles. The average Bonchev–Trinajstić information content (AvgIpc) is 2.46. The van der Waals surface area contributed by atoms with E-state index in [1.807, 2.05) is 0 Å². The molecule has 1 aromatic rings. The van der Waals surface area contributed by atoms with Crippen molar-refractivity contribution in [3.63, 3.8) is 0 Å². The van der Waals surface area contributed by atoms with Crippen molar-refractivity contribution in [2.24, 2.45) is 0 Å². The lowest BCUT2D eigenvalue weighted by atomic mass is 10.0. The average molecular weight is 302 g/mol. The van der Waals surface area contributed by atoms with Crippen LogP contribution in [0.1, 0.15) is 18.9 Å². The van der Waals surface area contributed by atoms with Crippen LogP contribution >= 0.6 is 11.6 Å². The largest absolute Gasteiger partial charge is 0.376 e. The summed E-state index contributed by atoms with van der Waals surface area (Å²) in [6.07, 6.45) is 1.55. The molecule has 0 bridgehead atoms. The number of rotatable bonds is 6. The molecule has 1 aliphatic heterocycles. The van der Waals surface area contributed by atoms with Crippen LogP contribution in [-0.2, 0) is 15.9 Å². The van der Waals surface area contributed by atoms with E-state index in [0.717, 1.165) is 13.0 Å². The quantitative estimate of drug-likeness (QED) is 0.876. The molecule has 112 valence electrons. The van der Waals surface area contributed by atoms with Gasteiger partial charge in [0.2, 0.25) is 0 Å². The monoisotopic (exact) mass is 301 g/mol. The number of hydrogen-bond acceptors (Lipinski definition) is 3. The molecule has 1 aromatic carbocycles. The molecular weight excluding hydrogens is 281 g/mol. The highest BCUT2D eigenvalue weighted by atomic mass is 35.5. The van der Waals surface area contributed by atoms with Crippen molar-refractivity contribution in [3.05, 3.63) is 34.6 Å². The number of nitrogens with one attached hydrogen (secondary N) is 1. The minimum atomic E-state index is -0.266. The Balaban J connectivity index is 2.05. The summed E-state index contributed by atoms with van der Waals surface area (Å²) < 4.78 is 25.1. The van der Waals surface area contributed by atoms with E-state index in [-0.39, 0.29) is 18.0 Å². The molecule has 1 fully saturated rings. The zero-order valence-electron chi connectivity index (χ0n) is 11.7. The smallest absolute Gasteiger partial charge is 0.127 e. The molecule has 2 atom stereocenters. The third kappa shape index (κ3) is 4.42. The van der Waals surface area contributed by atoms with Gasteiger partial charge in [0.05, 0.1) is 25.9 Å². The van der Waals surface area contributed by atoms with Crippen molar-refractivity contribution in [1.29, 1.82) is 0 Å². The van der Waals surface area contributed by atoms with E-state index in [0.29, 0.717) is 36.8 Å². The Kier molecular flexibility index (Phi) is 6.23. The molecule has 1 saturated heterocycles. The second-order valence-electron chi connectivity index (χ2n) is 4.98. The fraction of sp³-hybridized carbons (Fsp3) is 0.600. The summed E-state index contributed by atoms with van der Waals surface area (Å²) in [5, 5.41) is 3.84. The second kappa shape index (κ2) is 7.93. The van der Waals surface area contributed by atoms with Gasteiger partial charge >= 0.3 is 0 Å². The SMILES string of the molecule is CCCNC(Cc1ccc(Cl)cc1F)C1COCCO1. The standard InChI is InChI=1S/C15H21ClFNO2/c1-2-5-18-14(15-10-19-6-7-20-15)8-11-3-4-12(16)9-13(11)17/h3-4,9,14-15,18H,2,5-8,10H2,1H3. The van der Waals surface area contributed by atoms with Gasteiger partial charge in [-0.15, -0.1) is 0 Å². The Morgan fingerprint density at radius 1 is 1.45 bits per heavy atom. The summed E-state index contributed by atoms with van der Waals surface area (Å²) >= 11 is 5.79. The number of halogens is 2. The Labute approximate surface area is 124 Å². The molecule has 0 radical (unpaired) electrons. The van der Waals surface area contributed by atoms with Crippen molar-refractivity contribution in [2.45, 2.75) is 31.9 Å². The highest BCUT2D eigenvalue weighted by molar-refractivity contribution is 6.30. The van der Waals surface area contributed by atoms with Gasteiger partial charge < -0.3 is 14.8 Å². The Hall–Kier alpha value is -0.680. The van der Waals surface area contributed by atoms with Gasteiger partial charge in [-0.05, 0) is 37.1 Å². The molecule has 0 spiro atoms. The highest BCUT2D eigenvalue weighted by Crippen LogP contribution is 2.18. The lowest BCUT2D eigenvalue weighted by Gasteiger charge is -2.31. The van der Waals surface area contributed by atoms with E-state index in [2.05, 4.69) is 12.2 Å². The van der Waals surface area contributed by atoms with Crippen LogP contribution in [-0.4, -0.2) is 38.5 Å². The molecule has 5 heteroatoms. The predicted molar refractivity (Wildman–Crippen MR) is 77.8 cm³/mol. The zero-order valence-corrected chi connectivity index (χ0v) is 12.5.